The first-order valence-corrected chi connectivity index (χ1v) is 10.4. The number of anilines is 1. The summed E-state index contributed by atoms with van der Waals surface area (Å²) in [6, 6.07) is 18.2. The van der Waals surface area contributed by atoms with Crippen LogP contribution in [0, 0.1) is 0 Å². The number of allylic oxidation sites excluding steroid dienone is 2. The van der Waals surface area contributed by atoms with Crippen molar-refractivity contribution in [2.24, 2.45) is 4.99 Å². The number of carbonyl (C=O) groups is 1. The highest BCUT2D eigenvalue weighted by Gasteiger charge is 2.28. The van der Waals surface area contributed by atoms with Crippen molar-refractivity contribution in [3.05, 3.63) is 77.2 Å². The van der Waals surface area contributed by atoms with E-state index in [1.807, 2.05) is 60.7 Å². The van der Waals surface area contributed by atoms with E-state index in [9.17, 15) is 4.79 Å². The van der Waals surface area contributed by atoms with Crippen LogP contribution in [0.5, 0.6) is 5.75 Å². The average molecular weight is 406 g/mol. The van der Waals surface area contributed by atoms with Crippen molar-refractivity contribution in [3.63, 3.8) is 0 Å². The zero-order valence-electron chi connectivity index (χ0n) is 16.3. The highest BCUT2D eigenvalue weighted by atomic mass is 32.2. The molecule has 148 valence electrons. The maximum absolute atomic E-state index is 12.3. The number of piperazine rings is 1. The van der Waals surface area contributed by atoms with E-state index in [0.29, 0.717) is 4.91 Å². The molecule has 0 radical (unpaired) electrons. The molecule has 0 bridgehead atoms. The molecular weight excluding hydrogens is 382 g/mol. The Morgan fingerprint density at radius 1 is 1.00 bits per heavy atom. The minimum atomic E-state index is -0.155. The molecule has 0 spiro atoms. The first-order valence-electron chi connectivity index (χ1n) is 9.61. The van der Waals surface area contributed by atoms with E-state index < -0.39 is 0 Å². The fraction of sp³-hybridized carbons (Fsp3) is 0.217. The van der Waals surface area contributed by atoms with Crippen LogP contribution in [-0.2, 0) is 4.79 Å². The first-order chi connectivity index (χ1) is 14.2. The summed E-state index contributed by atoms with van der Waals surface area (Å²) in [7, 11) is 1.68. The molecule has 0 unspecified atom stereocenters. The van der Waals surface area contributed by atoms with E-state index in [0.717, 1.165) is 48.3 Å². The molecule has 0 N–H and O–H groups in total. The van der Waals surface area contributed by atoms with Crippen LogP contribution in [0.25, 0.3) is 6.08 Å². The Bertz CT molecular complexity index is 961. The number of thioether (sulfide) groups is 1. The van der Waals surface area contributed by atoms with Crippen LogP contribution >= 0.6 is 11.8 Å². The second kappa shape index (κ2) is 9.01. The van der Waals surface area contributed by atoms with E-state index in [-0.39, 0.29) is 5.91 Å². The van der Waals surface area contributed by atoms with Crippen LogP contribution in [0.3, 0.4) is 0 Å². The lowest BCUT2D eigenvalue weighted by Crippen LogP contribution is -2.47. The highest BCUT2D eigenvalue weighted by Crippen LogP contribution is 2.30. The van der Waals surface area contributed by atoms with Gasteiger partial charge in [0.05, 0.1) is 12.0 Å². The normalized spacial score (nSPS) is 18.6. The molecule has 5 nitrogen and oxygen atoms in total. The Kier molecular flexibility index (Phi) is 6.00. The van der Waals surface area contributed by atoms with E-state index in [1.54, 1.807) is 7.11 Å². The summed E-state index contributed by atoms with van der Waals surface area (Å²) >= 11 is 1.46. The standard InChI is InChI=1S/C23H23N3O2S/c1-28-20-11-6-10-19(17-20)25-13-15-26(16-14-25)23-24-22(27)21(29-23)12-5-9-18-7-3-2-4-8-18/h2-12,17H,13-16H2,1H3/b9-5+,21-12+. The first kappa shape index (κ1) is 19.3. The van der Waals surface area contributed by atoms with E-state index in [1.165, 1.54) is 11.8 Å². The molecule has 1 fully saturated rings. The van der Waals surface area contributed by atoms with Crippen molar-refractivity contribution in [2.45, 2.75) is 0 Å². The molecule has 1 amide bonds. The van der Waals surface area contributed by atoms with Crippen molar-refractivity contribution in [2.75, 3.05) is 38.2 Å². The number of hydrogen-bond acceptors (Lipinski definition) is 5. The lowest BCUT2D eigenvalue weighted by atomic mass is 10.2. The van der Waals surface area contributed by atoms with Gasteiger partial charge in [0.1, 0.15) is 5.75 Å². The molecule has 2 heterocycles. The quantitative estimate of drug-likeness (QED) is 0.719. The molecule has 0 atom stereocenters. The maximum atomic E-state index is 12.3. The highest BCUT2D eigenvalue weighted by molar-refractivity contribution is 8.18. The lowest BCUT2D eigenvalue weighted by Gasteiger charge is -2.36. The predicted molar refractivity (Wildman–Crippen MR) is 120 cm³/mol. The van der Waals surface area contributed by atoms with Crippen LogP contribution in [0.1, 0.15) is 5.56 Å². The number of amidine groups is 1. The molecule has 2 aromatic rings. The average Bonchev–Trinajstić information content (AvgIpc) is 3.15. The van der Waals surface area contributed by atoms with Crippen molar-refractivity contribution >= 4 is 34.6 Å². The second-order valence-corrected chi connectivity index (χ2v) is 7.79. The molecule has 0 aliphatic carbocycles. The number of ether oxygens (including phenoxy) is 1. The van der Waals surface area contributed by atoms with Crippen molar-refractivity contribution in [3.8, 4) is 5.75 Å². The number of carbonyl (C=O) groups excluding carboxylic acids is 1. The fourth-order valence-corrected chi connectivity index (χ4v) is 4.24. The van der Waals surface area contributed by atoms with Crippen LogP contribution in [0.2, 0.25) is 0 Å². The van der Waals surface area contributed by atoms with Gasteiger partial charge in [0.25, 0.3) is 5.91 Å². The molecule has 4 rings (SSSR count). The largest absolute Gasteiger partial charge is 0.497 e. The molecule has 2 aliphatic rings. The third-order valence-electron chi connectivity index (χ3n) is 4.91. The summed E-state index contributed by atoms with van der Waals surface area (Å²) in [5, 5.41) is 0.805. The van der Waals surface area contributed by atoms with Gasteiger partial charge in [-0.3, -0.25) is 4.79 Å². The van der Waals surface area contributed by atoms with Gasteiger partial charge < -0.3 is 14.5 Å². The Labute approximate surface area is 175 Å². The zero-order chi connectivity index (χ0) is 20.1. The number of rotatable bonds is 4. The lowest BCUT2D eigenvalue weighted by molar-refractivity contribution is -0.113. The Hall–Kier alpha value is -2.99. The summed E-state index contributed by atoms with van der Waals surface area (Å²) in [5.74, 6) is 0.711. The smallest absolute Gasteiger partial charge is 0.286 e. The Morgan fingerprint density at radius 3 is 2.52 bits per heavy atom. The van der Waals surface area contributed by atoms with Crippen LogP contribution < -0.4 is 9.64 Å². The Balaban J connectivity index is 1.34. The minimum absolute atomic E-state index is 0.155. The molecule has 0 saturated carbocycles. The van der Waals surface area contributed by atoms with Crippen LogP contribution in [-0.4, -0.2) is 49.3 Å². The SMILES string of the molecule is COc1cccc(N2CCN(C3=NC(=O)/C(=C\C=C\c4ccccc4)S3)CC2)c1. The maximum Gasteiger partial charge on any atom is 0.286 e. The van der Waals surface area contributed by atoms with Gasteiger partial charge in [-0.2, -0.15) is 4.99 Å². The van der Waals surface area contributed by atoms with Gasteiger partial charge in [-0.25, -0.2) is 0 Å². The topological polar surface area (TPSA) is 45.1 Å². The third-order valence-corrected chi connectivity index (χ3v) is 5.98. The van der Waals surface area contributed by atoms with Crippen molar-refractivity contribution in [1.29, 1.82) is 0 Å². The summed E-state index contributed by atoms with van der Waals surface area (Å²) in [5.41, 5.74) is 2.27. The van der Waals surface area contributed by atoms with E-state index in [2.05, 4.69) is 26.9 Å². The predicted octanol–water partition coefficient (Wildman–Crippen LogP) is 4.04. The number of aliphatic imine (C=N–C) groups is 1. The molecule has 6 heteroatoms. The molecule has 0 aromatic heterocycles. The summed E-state index contributed by atoms with van der Waals surface area (Å²) < 4.78 is 5.32. The van der Waals surface area contributed by atoms with Gasteiger partial charge in [0.2, 0.25) is 0 Å². The minimum Gasteiger partial charge on any atom is -0.497 e. The van der Waals surface area contributed by atoms with Gasteiger partial charge in [0, 0.05) is 37.9 Å². The fourth-order valence-electron chi connectivity index (χ4n) is 3.32. The number of methoxy groups -OCH3 is 1. The summed E-state index contributed by atoms with van der Waals surface area (Å²) in [4.78, 5) is 21.7. The van der Waals surface area contributed by atoms with Crippen molar-refractivity contribution < 1.29 is 9.53 Å². The molecular formula is C23H23N3O2S. The number of nitrogens with zero attached hydrogens (tertiary/aromatic N) is 3. The zero-order valence-corrected chi connectivity index (χ0v) is 17.1. The molecule has 2 aromatic carbocycles. The van der Waals surface area contributed by atoms with Gasteiger partial charge >= 0.3 is 0 Å². The van der Waals surface area contributed by atoms with E-state index in [4.69, 9.17) is 4.74 Å². The van der Waals surface area contributed by atoms with Crippen LogP contribution in [0.4, 0.5) is 5.69 Å². The summed E-state index contributed by atoms with van der Waals surface area (Å²) in [6.45, 7) is 3.44. The third kappa shape index (κ3) is 4.71. The summed E-state index contributed by atoms with van der Waals surface area (Å²) in [6.07, 6.45) is 5.75. The van der Waals surface area contributed by atoms with Gasteiger partial charge in [-0.15, -0.1) is 0 Å². The van der Waals surface area contributed by atoms with Gasteiger partial charge in [-0.1, -0.05) is 48.6 Å². The Morgan fingerprint density at radius 2 is 1.76 bits per heavy atom. The number of benzene rings is 2. The second-order valence-electron chi connectivity index (χ2n) is 6.78. The van der Waals surface area contributed by atoms with Crippen molar-refractivity contribution in [1.82, 2.24) is 4.90 Å². The van der Waals surface area contributed by atoms with Gasteiger partial charge in [0.15, 0.2) is 5.17 Å². The monoisotopic (exact) mass is 405 g/mol. The number of hydrogen-bond donors (Lipinski definition) is 0. The molecule has 29 heavy (non-hydrogen) atoms. The van der Waals surface area contributed by atoms with Crippen LogP contribution in [0.15, 0.2) is 76.6 Å². The van der Waals surface area contributed by atoms with Gasteiger partial charge in [-0.05, 0) is 35.5 Å². The molecule has 2 aliphatic heterocycles. The number of amides is 1. The molecule has 1 saturated heterocycles. The van der Waals surface area contributed by atoms with E-state index >= 15 is 0 Å².